The summed E-state index contributed by atoms with van der Waals surface area (Å²) in [6.45, 7) is 0.958. The number of hydrogen-bond donors (Lipinski definition) is 1. The summed E-state index contributed by atoms with van der Waals surface area (Å²) in [5, 5.41) is 3.09. The summed E-state index contributed by atoms with van der Waals surface area (Å²) < 4.78 is 0. The van der Waals surface area contributed by atoms with Crippen LogP contribution in [0.2, 0.25) is 0 Å². The Hall–Kier alpha value is -0.220. The van der Waals surface area contributed by atoms with Crippen molar-refractivity contribution in [2.24, 2.45) is 0 Å². The Kier molecular flexibility index (Phi) is 3.34. The molecule has 4 heteroatoms. The van der Waals surface area contributed by atoms with E-state index >= 15 is 0 Å². The van der Waals surface area contributed by atoms with Gasteiger partial charge in [0.25, 0.3) is 0 Å². The van der Waals surface area contributed by atoms with Crippen molar-refractivity contribution in [3.63, 3.8) is 0 Å². The molecule has 2 aliphatic rings. The van der Waals surface area contributed by atoms with Crippen LogP contribution in [0.15, 0.2) is 0 Å². The zero-order chi connectivity index (χ0) is 9.97. The summed E-state index contributed by atoms with van der Waals surface area (Å²) in [7, 11) is 1.88. The first kappa shape index (κ1) is 10.3. The first-order valence-corrected chi connectivity index (χ1v) is 6.54. The molecule has 0 spiro atoms. The molecule has 2 aliphatic heterocycles. The van der Waals surface area contributed by atoms with Crippen molar-refractivity contribution in [2.45, 2.75) is 31.3 Å². The Balaban J connectivity index is 1.94. The zero-order valence-electron chi connectivity index (χ0n) is 8.66. The minimum atomic E-state index is 0.0876. The van der Waals surface area contributed by atoms with Crippen LogP contribution in [0.1, 0.15) is 19.3 Å². The molecular weight excluding hydrogens is 196 g/mol. The SMILES string of the molecule is CNC1CCN(C2CCSCC2)C1=O. The molecule has 14 heavy (non-hydrogen) atoms. The highest BCUT2D eigenvalue weighted by atomic mass is 32.2. The zero-order valence-corrected chi connectivity index (χ0v) is 9.48. The molecule has 80 valence electrons. The number of rotatable bonds is 2. The second kappa shape index (κ2) is 4.53. The number of amides is 1. The van der Waals surface area contributed by atoms with Crippen LogP contribution in [0.25, 0.3) is 0 Å². The van der Waals surface area contributed by atoms with Crippen LogP contribution in [0.4, 0.5) is 0 Å². The van der Waals surface area contributed by atoms with Crippen molar-refractivity contribution >= 4 is 17.7 Å². The number of nitrogens with zero attached hydrogens (tertiary/aromatic N) is 1. The lowest BCUT2D eigenvalue weighted by Gasteiger charge is -2.30. The minimum Gasteiger partial charge on any atom is -0.338 e. The van der Waals surface area contributed by atoms with Gasteiger partial charge in [-0.2, -0.15) is 11.8 Å². The summed E-state index contributed by atoms with van der Waals surface area (Å²) in [6.07, 6.45) is 3.36. The van der Waals surface area contributed by atoms with Crippen LogP contribution in [-0.4, -0.2) is 48.0 Å². The van der Waals surface area contributed by atoms with Gasteiger partial charge in [-0.25, -0.2) is 0 Å². The molecule has 2 saturated heterocycles. The molecule has 0 bridgehead atoms. The summed E-state index contributed by atoms with van der Waals surface area (Å²) in [4.78, 5) is 14.0. The van der Waals surface area contributed by atoms with Gasteiger partial charge in [-0.05, 0) is 37.8 Å². The molecular formula is C10H18N2OS. The average molecular weight is 214 g/mol. The molecule has 0 aromatic carbocycles. The maximum atomic E-state index is 11.9. The van der Waals surface area contributed by atoms with E-state index < -0.39 is 0 Å². The van der Waals surface area contributed by atoms with Crippen LogP contribution in [0.3, 0.4) is 0 Å². The lowest BCUT2D eigenvalue weighted by atomic mass is 10.1. The van der Waals surface area contributed by atoms with E-state index in [2.05, 4.69) is 10.2 Å². The predicted molar refractivity (Wildman–Crippen MR) is 59.5 cm³/mol. The number of hydrogen-bond acceptors (Lipinski definition) is 3. The van der Waals surface area contributed by atoms with Crippen molar-refractivity contribution < 1.29 is 4.79 Å². The second-order valence-electron chi connectivity index (χ2n) is 4.01. The van der Waals surface area contributed by atoms with Crippen LogP contribution in [0.5, 0.6) is 0 Å². The highest BCUT2D eigenvalue weighted by Gasteiger charge is 2.35. The molecule has 1 amide bonds. The minimum absolute atomic E-state index is 0.0876. The maximum Gasteiger partial charge on any atom is 0.240 e. The van der Waals surface area contributed by atoms with E-state index in [1.165, 1.54) is 24.3 Å². The fourth-order valence-corrected chi connectivity index (χ4v) is 3.41. The van der Waals surface area contributed by atoms with E-state index in [-0.39, 0.29) is 6.04 Å². The van der Waals surface area contributed by atoms with Crippen molar-refractivity contribution in [3.05, 3.63) is 0 Å². The summed E-state index contributed by atoms with van der Waals surface area (Å²) in [5.41, 5.74) is 0. The van der Waals surface area contributed by atoms with Gasteiger partial charge in [-0.15, -0.1) is 0 Å². The van der Waals surface area contributed by atoms with Gasteiger partial charge in [0, 0.05) is 12.6 Å². The topological polar surface area (TPSA) is 32.3 Å². The molecule has 2 heterocycles. The van der Waals surface area contributed by atoms with Crippen LogP contribution >= 0.6 is 11.8 Å². The van der Waals surface area contributed by atoms with E-state index in [1.54, 1.807) is 0 Å². The molecule has 0 saturated carbocycles. The van der Waals surface area contributed by atoms with E-state index in [1.807, 2.05) is 18.8 Å². The molecule has 3 nitrogen and oxygen atoms in total. The van der Waals surface area contributed by atoms with Crippen molar-refractivity contribution in [3.8, 4) is 0 Å². The van der Waals surface area contributed by atoms with Gasteiger partial charge in [0.2, 0.25) is 5.91 Å². The van der Waals surface area contributed by atoms with Gasteiger partial charge in [0.05, 0.1) is 6.04 Å². The molecule has 0 aromatic rings. The summed E-state index contributed by atoms with van der Waals surface area (Å²) in [6, 6.07) is 0.617. The number of nitrogens with one attached hydrogen (secondary N) is 1. The van der Waals surface area contributed by atoms with Crippen molar-refractivity contribution in [1.82, 2.24) is 10.2 Å². The molecule has 0 aliphatic carbocycles. The average Bonchev–Trinajstić information content (AvgIpc) is 2.61. The smallest absolute Gasteiger partial charge is 0.240 e. The third-order valence-corrected chi connectivity index (χ3v) is 4.27. The van der Waals surface area contributed by atoms with Gasteiger partial charge >= 0.3 is 0 Å². The lowest BCUT2D eigenvalue weighted by molar-refractivity contribution is -0.131. The van der Waals surface area contributed by atoms with Crippen molar-refractivity contribution in [2.75, 3.05) is 25.1 Å². The highest BCUT2D eigenvalue weighted by molar-refractivity contribution is 7.99. The summed E-state index contributed by atoms with van der Waals surface area (Å²) >= 11 is 2.01. The van der Waals surface area contributed by atoms with Gasteiger partial charge in [-0.3, -0.25) is 4.79 Å². The Morgan fingerprint density at radius 2 is 2.07 bits per heavy atom. The quantitative estimate of drug-likeness (QED) is 0.734. The van der Waals surface area contributed by atoms with Crippen molar-refractivity contribution in [1.29, 1.82) is 0 Å². The Morgan fingerprint density at radius 1 is 1.36 bits per heavy atom. The highest BCUT2D eigenvalue weighted by Crippen LogP contribution is 2.25. The molecule has 1 N–H and O–H groups in total. The molecule has 1 atom stereocenters. The number of likely N-dealkylation sites (tertiary alicyclic amines) is 1. The fourth-order valence-electron chi connectivity index (χ4n) is 2.33. The molecule has 0 aromatic heterocycles. The maximum absolute atomic E-state index is 11.9. The first-order valence-electron chi connectivity index (χ1n) is 5.38. The van der Waals surface area contributed by atoms with E-state index in [0.717, 1.165) is 13.0 Å². The van der Waals surface area contributed by atoms with E-state index in [0.29, 0.717) is 11.9 Å². The Bertz CT molecular complexity index is 216. The monoisotopic (exact) mass is 214 g/mol. The standard InChI is InChI=1S/C10H18N2OS/c1-11-9-2-5-12(10(9)13)8-3-6-14-7-4-8/h8-9,11H,2-7H2,1H3. The third kappa shape index (κ3) is 1.91. The number of carbonyl (C=O) groups excluding carboxylic acids is 1. The van der Waals surface area contributed by atoms with Gasteiger partial charge in [-0.1, -0.05) is 0 Å². The first-order chi connectivity index (χ1) is 6.83. The Morgan fingerprint density at radius 3 is 2.64 bits per heavy atom. The third-order valence-electron chi connectivity index (χ3n) is 3.22. The number of likely N-dealkylation sites (N-methyl/N-ethyl adjacent to an activating group) is 1. The molecule has 2 fully saturated rings. The molecule has 1 unspecified atom stereocenters. The van der Waals surface area contributed by atoms with Gasteiger partial charge < -0.3 is 10.2 Å². The number of carbonyl (C=O) groups is 1. The fraction of sp³-hybridized carbons (Fsp3) is 0.900. The van der Waals surface area contributed by atoms with E-state index in [4.69, 9.17) is 0 Å². The summed E-state index contributed by atoms with van der Waals surface area (Å²) in [5.74, 6) is 2.77. The molecule has 2 rings (SSSR count). The van der Waals surface area contributed by atoms with Crippen LogP contribution in [0, 0.1) is 0 Å². The van der Waals surface area contributed by atoms with Crippen LogP contribution < -0.4 is 5.32 Å². The number of thioether (sulfide) groups is 1. The van der Waals surface area contributed by atoms with Gasteiger partial charge in [0.1, 0.15) is 0 Å². The van der Waals surface area contributed by atoms with Gasteiger partial charge in [0.15, 0.2) is 0 Å². The molecule has 0 radical (unpaired) electrons. The predicted octanol–water partition coefficient (Wildman–Crippen LogP) is 0.702. The van der Waals surface area contributed by atoms with Crippen LogP contribution in [-0.2, 0) is 4.79 Å². The second-order valence-corrected chi connectivity index (χ2v) is 5.23. The normalized spacial score (nSPS) is 29.9. The Labute approximate surface area is 89.6 Å². The van der Waals surface area contributed by atoms with E-state index in [9.17, 15) is 4.79 Å². The lowest BCUT2D eigenvalue weighted by Crippen LogP contribution is -2.43. The largest absolute Gasteiger partial charge is 0.338 e.